The van der Waals surface area contributed by atoms with Gasteiger partial charge in [0.1, 0.15) is 0 Å². The third-order valence-electron chi connectivity index (χ3n) is 5.46. The molecule has 0 atom stereocenters. The van der Waals surface area contributed by atoms with Crippen LogP contribution in [0.1, 0.15) is 45.4 Å². The molecular formula is C16H30N2O. The Balaban J connectivity index is 1.34. The molecule has 3 aliphatic rings. The molecule has 0 bridgehead atoms. The van der Waals surface area contributed by atoms with E-state index in [9.17, 15) is 0 Å². The van der Waals surface area contributed by atoms with Gasteiger partial charge in [-0.05, 0) is 64.6 Å². The van der Waals surface area contributed by atoms with E-state index in [0.29, 0.717) is 12.2 Å². The van der Waals surface area contributed by atoms with Gasteiger partial charge in [-0.25, -0.2) is 0 Å². The van der Waals surface area contributed by atoms with Crippen LogP contribution in [-0.2, 0) is 4.74 Å². The quantitative estimate of drug-likeness (QED) is 0.780. The topological polar surface area (TPSA) is 15.7 Å². The summed E-state index contributed by atoms with van der Waals surface area (Å²) in [6.07, 6.45) is 8.97. The second kappa shape index (κ2) is 6.11. The van der Waals surface area contributed by atoms with E-state index in [-0.39, 0.29) is 0 Å². The van der Waals surface area contributed by atoms with Crippen LogP contribution in [0.15, 0.2) is 0 Å². The van der Waals surface area contributed by atoms with Gasteiger partial charge < -0.3 is 14.5 Å². The summed E-state index contributed by atoms with van der Waals surface area (Å²) in [4.78, 5) is 5.13. The molecule has 0 aromatic carbocycles. The van der Waals surface area contributed by atoms with Crippen LogP contribution in [0.4, 0.5) is 0 Å². The molecule has 1 aliphatic carbocycles. The summed E-state index contributed by atoms with van der Waals surface area (Å²) in [5, 5.41) is 0. The van der Waals surface area contributed by atoms with Gasteiger partial charge >= 0.3 is 0 Å². The first-order valence-electron chi connectivity index (χ1n) is 8.29. The fourth-order valence-corrected chi connectivity index (χ4v) is 3.73. The smallest absolute Gasteiger partial charge is 0.0608 e. The van der Waals surface area contributed by atoms with Crippen molar-refractivity contribution in [1.82, 2.24) is 9.80 Å². The summed E-state index contributed by atoms with van der Waals surface area (Å²) >= 11 is 0. The lowest BCUT2D eigenvalue weighted by Crippen LogP contribution is -2.51. The van der Waals surface area contributed by atoms with Crippen LogP contribution >= 0.6 is 0 Å². The molecule has 0 aromatic heterocycles. The second-order valence-corrected chi connectivity index (χ2v) is 7.10. The average molecular weight is 266 g/mol. The molecule has 2 aliphatic heterocycles. The summed E-state index contributed by atoms with van der Waals surface area (Å²) in [6.45, 7) is 7.47. The molecule has 2 heterocycles. The lowest BCUT2D eigenvalue weighted by Gasteiger charge is -2.46. The minimum absolute atomic E-state index is 0.545. The summed E-state index contributed by atoms with van der Waals surface area (Å²) in [5.41, 5.74) is 0. The number of likely N-dealkylation sites (tertiary alicyclic amines) is 2. The molecule has 3 rings (SSSR count). The SMILES string of the molecule is CC1CCN(C2CC(OC3CCN(C)CC3)C2)CC1. The number of nitrogens with zero attached hydrogens (tertiary/aromatic N) is 2. The number of hydrogen-bond donors (Lipinski definition) is 0. The van der Waals surface area contributed by atoms with E-state index in [0.717, 1.165) is 12.0 Å². The minimum atomic E-state index is 0.545. The number of piperidine rings is 2. The predicted molar refractivity (Wildman–Crippen MR) is 78.4 cm³/mol. The Labute approximate surface area is 118 Å². The highest BCUT2D eigenvalue weighted by Gasteiger charge is 2.36. The van der Waals surface area contributed by atoms with Gasteiger partial charge in [-0.3, -0.25) is 0 Å². The maximum atomic E-state index is 6.26. The first-order valence-corrected chi connectivity index (χ1v) is 8.29. The molecule has 3 heteroatoms. The zero-order chi connectivity index (χ0) is 13.2. The normalized spacial score (nSPS) is 36.3. The van der Waals surface area contributed by atoms with Gasteiger partial charge in [-0.1, -0.05) is 6.92 Å². The molecule has 0 radical (unpaired) electrons. The Morgan fingerprint density at radius 3 is 2.11 bits per heavy atom. The minimum Gasteiger partial charge on any atom is -0.375 e. The average Bonchev–Trinajstić information content (AvgIpc) is 2.37. The van der Waals surface area contributed by atoms with Crippen molar-refractivity contribution in [3.63, 3.8) is 0 Å². The van der Waals surface area contributed by atoms with Crippen molar-refractivity contribution in [1.29, 1.82) is 0 Å². The van der Waals surface area contributed by atoms with Gasteiger partial charge in [-0.2, -0.15) is 0 Å². The molecule has 0 aromatic rings. The first-order chi connectivity index (χ1) is 9.20. The van der Waals surface area contributed by atoms with Gasteiger partial charge in [0.05, 0.1) is 12.2 Å². The number of hydrogen-bond acceptors (Lipinski definition) is 3. The highest BCUT2D eigenvalue weighted by Crippen LogP contribution is 2.33. The third kappa shape index (κ3) is 3.50. The lowest BCUT2D eigenvalue weighted by molar-refractivity contribution is -0.105. The summed E-state index contributed by atoms with van der Waals surface area (Å²) < 4.78 is 6.26. The van der Waals surface area contributed by atoms with E-state index >= 15 is 0 Å². The van der Waals surface area contributed by atoms with Crippen LogP contribution in [-0.4, -0.2) is 61.3 Å². The van der Waals surface area contributed by atoms with E-state index < -0.39 is 0 Å². The second-order valence-electron chi connectivity index (χ2n) is 7.10. The van der Waals surface area contributed by atoms with Gasteiger partial charge in [0, 0.05) is 19.1 Å². The molecule has 110 valence electrons. The molecule has 3 fully saturated rings. The van der Waals surface area contributed by atoms with Crippen molar-refractivity contribution in [2.75, 3.05) is 33.2 Å². The van der Waals surface area contributed by atoms with Crippen LogP contribution < -0.4 is 0 Å². The number of ether oxygens (including phenoxy) is 1. The highest BCUT2D eigenvalue weighted by molar-refractivity contribution is 4.90. The van der Waals surface area contributed by atoms with Crippen molar-refractivity contribution in [3.05, 3.63) is 0 Å². The Bertz CT molecular complexity index is 274. The van der Waals surface area contributed by atoms with Crippen LogP contribution in [0, 0.1) is 5.92 Å². The Morgan fingerprint density at radius 1 is 0.842 bits per heavy atom. The first kappa shape index (κ1) is 13.8. The molecule has 0 N–H and O–H groups in total. The highest BCUT2D eigenvalue weighted by atomic mass is 16.5. The van der Waals surface area contributed by atoms with Crippen molar-refractivity contribution in [2.24, 2.45) is 5.92 Å². The molecular weight excluding hydrogens is 236 g/mol. The van der Waals surface area contributed by atoms with E-state index in [1.54, 1.807) is 0 Å². The van der Waals surface area contributed by atoms with E-state index in [1.165, 1.54) is 64.7 Å². The monoisotopic (exact) mass is 266 g/mol. The van der Waals surface area contributed by atoms with Crippen LogP contribution in [0.2, 0.25) is 0 Å². The third-order valence-corrected chi connectivity index (χ3v) is 5.46. The predicted octanol–water partition coefficient (Wildman–Crippen LogP) is 2.36. The molecule has 0 unspecified atom stereocenters. The Morgan fingerprint density at radius 2 is 1.47 bits per heavy atom. The van der Waals surface area contributed by atoms with Gasteiger partial charge in [0.25, 0.3) is 0 Å². The van der Waals surface area contributed by atoms with Crippen molar-refractivity contribution in [2.45, 2.75) is 63.7 Å². The van der Waals surface area contributed by atoms with Crippen molar-refractivity contribution >= 4 is 0 Å². The molecule has 0 amide bonds. The molecule has 1 saturated carbocycles. The molecule has 0 spiro atoms. The van der Waals surface area contributed by atoms with Crippen LogP contribution in [0.25, 0.3) is 0 Å². The maximum Gasteiger partial charge on any atom is 0.0608 e. The van der Waals surface area contributed by atoms with E-state index in [2.05, 4.69) is 23.8 Å². The van der Waals surface area contributed by atoms with Gasteiger partial charge in [0.15, 0.2) is 0 Å². The number of rotatable bonds is 3. The summed E-state index contributed by atoms with van der Waals surface area (Å²) in [6, 6.07) is 0.837. The van der Waals surface area contributed by atoms with Crippen molar-refractivity contribution < 1.29 is 4.74 Å². The van der Waals surface area contributed by atoms with Crippen LogP contribution in [0.5, 0.6) is 0 Å². The van der Waals surface area contributed by atoms with E-state index in [4.69, 9.17) is 4.74 Å². The molecule has 2 saturated heterocycles. The zero-order valence-electron chi connectivity index (χ0n) is 12.7. The Hall–Kier alpha value is -0.120. The fraction of sp³-hybridized carbons (Fsp3) is 1.00. The maximum absolute atomic E-state index is 6.26. The fourth-order valence-electron chi connectivity index (χ4n) is 3.73. The lowest BCUT2D eigenvalue weighted by atomic mass is 9.85. The van der Waals surface area contributed by atoms with Crippen molar-refractivity contribution in [3.8, 4) is 0 Å². The van der Waals surface area contributed by atoms with Gasteiger partial charge in [-0.15, -0.1) is 0 Å². The largest absolute Gasteiger partial charge is 0.375 e. The molecule has 3 nitrogen and oxygen atoms in total. The van der Waals surface area contributed by atoms with Crippen LogP contribution in [0.3, 0.4) is 0 Å². The standard InChI is InChI=1S/C16H30N2O/c1-13-3-9-18(10-4-13)14-11-16(12-14)19-15-5-7-17(2)8-6-15/h13-16H,3-12H2,1-2H3. The Kier molecular flexibility index (Phi) is 4.45. The zero-order valence-corrected chi connectivity index (χ0v) is 12.7. The van der Waals surface area contributed by atoms with Gasteiger partial charge in [0.2, 0.25) is 0 Å². The molecule has 19 heavy (non-hydrogen) atoms. The summed E-state index contributed by atoms with van der Waals surface area (Å²) in [7, 11) is 2.22. The summed E-state index contributed by atoms with van der Waals surface area (Å²) in [5.74, 6) is 0.947. The van der Waals surface area contributed by atoms with E-state index in [1.807, 2.05) is 0 Å².